The van der Waals surface area contributed by atoms with Crippen LogP contribution >= 0.6 is 0 Å². The van der Waals surface area contributed by atoms with Crippen molar-refractivity contribution in [2.45, 2.75) is 12.5 Å². The highest BCUT2D eigenvalue weighted by molar-refractivity contribution is 7.88. The number of aromatic nitrogens is 3. The van der Waals surface area contributed by atoms with Gasteiger partial charge in [-0.3, -0.25) is 24.0 Å². The van der Waals surface area contributed by atoms with Gasteiger partial charge in [-0.1, -0.05) is 0 Å². The van der Waals surface area contributed by atoms with E-state index in [-0.39, 0.29) is 11.5 Å². The summed E-state index contributed by atoms with van der Waals surface area (Å²) in [7, 11) is -2.05. The second-order valence-electron chi connectivity index (χ2n) is 5.73. The fourth-order valence-corrected chi connectivity index (χ4v) is 3.36. The van der Waals surface area contributed by atoms with Gasteiger partial charge in [0.2, 0.25) is 15.9 Å². The van der Waals surface area contributed by atoms with E-state index in [1.807, 2.05) is 0 Å². The first-order valence-corrected chi connectivity index (χ1v) is 9.37. The van der Waals surface area contributed by atoms with Gasteiger partial charge in [0.15, 0.2) is 0 Å². The van der Waals surface area contributed by atoms with Gasteiger partial charge >= 0.3 is 0 Å². The number of amides is 1. The SMILES string of the molecule is CN(C1CCN(c2ccc(-n3ccncc3=O)cn2)C1=O)S(C)(=O)=O. The molecule has 2 aromatic rings. The zero-order valence-corrected chi connectivity index (χ0v) is 14.5. The van der Waals surface area contributed by atoms with Crippen molar-refractivity contribution < 1.29 is 13.2 Å². The van der Waals surface area contributed by atoms with Crippen molar-refractivity contribution in [1.29, 1.82) is 0 Å². The molecule has 1 unspecified atom stereocenters. The molecule has 0 N–H and O–H groups in total. The Balaban J connectivity index is 1.83. The number of nitrogens with zero attached hydrogens (tertiary/aromatic N) is 5. The second kappa shape index (κ2) is 6.37. The molecule has 1 atom stereocenters. The molecule has 1 aliphatic rings. The number of carbonyl (C=O) groups excluding carboxylic acids is 1. The molecule has 3 rings (SSSR count). The van der Waals surface area contributed by atoms with Crippen LogP contribution in [0.4, 0.5) is 5.82 Å². The maximum Gasteiger partial charge on any atom is 0.273 e. The van der Waals surface area contributed by atoms with Crippen LogP contribution in [-0.2, 0) is 14.8 Å². The van der Waals surface area contributed by atoms with Crippen molar-refractivity contribution in [1.82, 2.24) is 18.8 Å². The van der Waals surface area contributed by atoms with Crippen molar-refractivity contribution in [2.75, 3.05) is 24.7 Å². The van der Waals surface area contributed by atoms with Crippen molar-refractivity contribution in [3.63, 3.8) is 0 Å². The van der Waals surface area contributed by atoms with Crippen LogP contribution < -0.4 is 10.5 Å². The van der Waals surface area contributed by atoms with E-state index in [0.717, 1.165) is 10.6 Å². The van der Waals surface area contributed by atoms with Crippen molar-refractivity contribution >= 4 is 21.7 Å². The van der Waals surface area contributed by atoms with E-state index in [9.17, 15) is 18.0 Å². The molecule has 1 aliphatic heterocycles. The van der Waals surface area contributed by atoms with E-state index in [2.05, 4.69) is 9.97 Å². The Morgan fingerprint density at radius 1 is 1.24 bits per heavy atom. The quantitative estimate of drug-likeness (QED) is 0.733. The molecule has 2 aromatic heterocycles. The molecule has 1 saturated heterocycles. The average Bonchev–Trinajstić information content (AvgIpc) is 2.95. The van der Waals surface area contributed by atoms with Gasteiger partial charge in [-0.15, -0.1) is 0 Å². The van der Waals surface area contributed by atoms with Crippen molar-refractivity contribution in [3.05, 3.63) is 47.3 Å². The summed E-state index contributed by atoms with van der Waals surface area (Å²) in [5.74, 6) is 0.106. The minimum Gasteiger partial charge on any atom is -0.295 e. The zero-order valence-electron chi connectivity index (χ0n) is 13.7. The van der Waals surface area contributed by atoms with E-state index in [1.165, 1.54) is 41.3 Å². The first-order valence-electron chi connectivity index (χ1n) is 7.52. The Morgan fingerprint density at radius 3 is 2.60 bits per heavy atom. The highest BCUT2D eigenvalue weighted by Crippen LogP contribution is 2.23. The molecule has 1 amide bonds. The van der Waals surface area contributed by atoms with Gasteiger partial charge in [0.05, 0.1) is 24.3 Å². The molecule has 0 saturated carbocycles. The molecule has 3 heterocycles. The molecule has 132 valence electrons. The van der Waals surface area contributed by atoms with Gasteiger partial charge in [0.1, 0.15) is 11.9 Å². The number of hydrogen-bond donors (Lipinski definition) is 0. The lowest BCUT2D eigenvalue weighted by molar-refractivity contribution is -0.120. The molecule has 0 bridgehead atoms. The third-order valence-corrected chi connectivity index (χ3v) is 5.45. The Morgan fingerprint density at radius 2 is 2.00 bits per heavy atom. The minimum absolute atomic E-state index is 0.288. The first-order chi connectivity index (χ1) is 11.8. The molecular weight excluding hydrogens is 346 g/mol. The second-order valence-corrected chi connectivity index (χ2v) is 7.77. The van der Waals surface area contributed by atoms with Gasteiger partial charge in [0.25, 0.3) is 5.56 Å². The summed E-state index contributed by atoms with van der Waals surface area (Å²) >= 11 is 0. The van der Waals surface area contributed by atoms with Crippen molar-refractivity contribution in [2.24, 2.45) is 0 Å². The monoisotopic (exact) mass is 363 g/mol. The summed E-state index contributed by atoms with van der Waals surface area (Å²) in [6, 6.07) is 2.58. The summed E-state index contributed by atoms with van der Waals surface area (Å²) in [6.45, 7) is 0.380. The molecule has 10 heteroatoms. The third kappa shape index (κ3) is 3.30. The van der Waals surface area contributed by atoms with Crippen LogP contribution in [0, 0.1) is 0 Å². The zero-order chi connectivity index (χ0) is 18.2. The number of anilines is 1. The highest BCUT2D eigenvalue weighted by Gasteiger charge is 2.38. The lowest BCUT2D eigenvalue weighted by Gasteiger charge is -2.21. The number of hydrogen-bond acceptors (Lipinski definition) is 6. The molecule has 1 fully saturated rings. The smallest absolute Gasteiger partial charge is 0.273 e. The summed E-state index contributed by atoms with van der Waals surface area (Å²) in [6.07, 6.45) is 7.17. The van der Waals surface area contributed by atoms with Crippen LogP contribution in [0.25, 0.3) is 5.69 Å². The summed E-state index contributed by atoms with van der Waals surface area (Å²) in [5.41, 5.74) is 0.261. The van der Waals surface area contributed by atoms with E-state index in [1.54, 1.807) is 12.1 Å². The Labute approximate surface area is 144 Å². The van der Waals surface area contributed by atoms with Gasteiger partial charge in [-0.05, 0) is 18.6 Å². The molecule has 9 nitrogen and oxygen atoms in total. The molecule has 0 spiro atoms. The Hall–Kier alpha value is -2.59. The lowest BCUT2D eigenvalue weighted by Crippen LogP contribution is -2.42. The topological polar surface area (TPSA) is 105 Å². The normalized spacial score (nSPS) is 18.1. The van der Waals surface area contributed by atoms with Crippen LogP contribution in [0.3, 0.4) is 0 Å². The number of pyridine rings is 1. The Bertz CT molecular complexity index is 954. The highest BCUT2D eigenvalue weighted by atomic mass is 32.2. The van der Waals surface area contributed by atoms with Crippen LogP contribution in [0.5, 0.6) is 0 Å². The van der Waals surface area contributed by atoms with E-state index in [0.29, 0.717) is 24.5 Å². The molecule has 0 aliphatic carbocycles. The number of likely N-dealkylation sites (N-methyl/N-ethyl adjacent to an activating group) is 1. The number of carbonyl (C=O) groups is 1. The number of sulfonamides is 1. The number of rotatable bonds is 4. The molecule has 0 radical (unpaired) electrons. The van der Waals surface area contributed by atoms with Crippen LogP contribution in [0.2, 0.25) is 0 Å². The summed E-state index contributed by atoms with van der Waals surface area (Å²) in [4.78, 5) is 33.7. The standard InChI is InChI=1S/C15H17N5O4S/c1-18(25(2,23)24)12-5-7-20(15(12)22)13-4-3-11(9-17-13)19-8-6-16-10-14(19)21/h3-4,6,8-10,12H,5,7H2,1-2H3. The maximum atomic E-state index is 12.5. The van der Waals surface area contributed by atoms with Gasteiger partial charge < -0.3 is 0 Å². The maximum absolute atomic E-state index is 12.5. The average molecular weight is 363 g/mol. The summed E-state index contributed by atoms with van der Waals surface area (Å²) in [5, 5.41) is 0. The predicted molar refractivity (Wildman–Crippen MR) is 91.0 cm³/mol. The Kier molecular flexibility index (Phi) is 4.39. The van der Waals surface area contributed by atoms with Gasteiger partial charge in [0, 0.05) is 26.0 Å². The fourth-order valence-electron chi connectivity index (χ4n) is 2.70. The van der Waals surface area contributed by atoms with Crippen molar-refractivity contribution in [3.8, 4) is 5.69 Å². The molecular formula is C15H17N5O4S. The minimum atomic E-state index is -3.45. The van der Waals surface area contributed by atoms with Gasteiger partial charge in [-0.2, -0.15) is 4.31 Å². The summed E-state index contributed by atoms with van der Waals surface area (Å²) < 4.78 is 25.8. The van der Waals surface area contributed by atoms with E-state index in [4.69, 9.17) is 0 Å². The largest absolute Gasteiger partial charge is 0.295 e. The first kappa shape index (κ1) is 17.2. The third-order valence-electron chi connectivity index (χ3n) is 4.15. The fraction of sp³-hybridized carbons (Fsp3) is 0.333. The van der Waals surface area contributed by atoms with E-state index < -0.39 is 16.1 Å². The van der Waals surface area contributed by atoms with Crippen LogP contribution in [0.15, 0.2) is 41.7 Å². The molecule has 0 aromatic carbocycles. The van der Waals surface area contributed by atoms with Crippen LogP contribution in [0.1, 0.15) is 6.42 Å². The van der Waals surface area contributed by atoms with Gasteiger partial charge in [-0.25, -0.2) is 13.4 Å². The lowest BCUT2D eigenvalue weighted by atomic mass is 10.2. The van der Waals surface area contributed by atoms with Crippen LogP contribution in [-0.4, -0.2) is 59.1 Å². The van der Waals surface area contributed by atoms with E-state index >= 15 is 0 Å². The predicted octanol–water partition coefficient (Wildman–Crippen LogP) is -0.376. The molecule has 25 heavy (non-hydrogen) atoms.